The minimum atomic E-state index is -0.206. The van der Waals surface area contributed by atoms with Gasteiger partial charge in [0.25, 0.3) is 11.8 Å². The van der Waals surface area contributed by atoms with Crippen LogP contribution in [0, 0.1) is 5.92 Å². The molecule has 2 atom stereocenters. The molecular formula is C16H20N2O2. The van der Waals surface area contributed by atoms with Crippen molar-refractivity contribution in [1.29, 1.82) is 0 Å². The Morgan fingerprint density at radius 2 is 1.90 bits per heavy atom. The van der Waals surface area contributed by atoms with E-state index in [0.29, 0.717) is 22.7 Å². The third kappa shape index (κ3) is 1.99. The number of amides is 2. The van der Waals surface area contributed by atoms with Crippen LogP contribution < -0.4 is 5.73 Å². The number of nitrogens with two attached hydrogens (primary N) is 1. The second kappa shape index (κ2) is 4.93. The van der Waals surface area contributed by atoms with Crippen molar-refractivity contribution in [3.63, 3.8) is 0 Å². The van der Waals surface area contributed by atoms with Gasteiger partial charge in [-0.3, -0.25) is 14.5 Å². The molecule has 2 aliphatic rings. The number of nitrogens with zero attached hydrogens (tertiary/aromatic N) is 1. The Morgan fingerprint density at radius 1 is 1.10 bits per heavy atom. The topological polar surface area (TPSA) is 63.4 Å². The maximum absolute atomic E-state index is 12.5. The molecular weight excluding hydrogens is 252 g/mol. The quantitative estimate of drug-likeness (QED) is 0.486. The van der Waals surface area contributed by atoms with E-state index in [9.17, 15) is 9.59 Å². The molecule has 1 fully saturated rings. The van der Waals surface area contributed by atoms with Crippen LogP contribution in [0.2, 0.25) is 0 Å². The molecule has 1 heterocycles. The fourth-order valence-electron chi connectivity index (χ4n) is 3.39. The number of carbonyl (C=O) groups excluding carboxylic acids is 2. The van der Waals surface area contributed by atoms with Crippen molar-refractivity contribution in [3.05, 3.63) is 29.3 Å². The van der Waals surface area contributed by atoms with Gasteiger partial charge in [0.05, 0.1) is 11.1 Å². The Labute approximate surface area is 118 Å². The standard InChI is InChI=1S/C16H20N2O2/c1-10-4-2-5-11(9-8-10)18-15(19)12-6-3-7-13(17)14(12)16(18)20/h3,6-7,10-11H,2,4-5,8-9,17H2,1H3. The summed E-state index contributed by atoms with van der Waals surface area (Å²) in [4.78, 5) is 26.5. The van der Waals surface area contributed by atoms with Crippen molar-refractivity contribution in [2.75, 3.05) is 5.73 Å². The normalized spacial score (nSPS) is 26.6. The summed E-state index contributed by atoms with van der Waals surface area (Å²) in [6, 6.07) is 5.15. The molecule has 1 aromatic rings. The van der Waals surface area contributed by atoms with E-state index < -0.39 is 0 Å². The molecule has 4 nitrogen and oxygen atoms in total. The van der Waals surface area contributed by atoms with Gasteiger partial charge in [0, 0.05) is 11.7 Å². The Balaban J connectivity index is 1.91. The van der Waals surface area contributed by atoms with Crippen molar-refractivity contribution in [1.82, 2.24) is 4.90 Å². The number of hydrogen-bond acceptors (Lipinski definition) is 3. The van der Waals surface area contributed by atoms with Crippen LogP contribution >= 0.6 is 0 Å². The molecule has 1 aliphatic heterocycles. The highest BCUT2D eigenvalue weighted by Crippen LogP contribution is 2.33. The SMILES string of the molecule is CC1CCCC(N2C(=O)c3cccc(N)c3C2=O)CC1. The third-order valence-electron chi connectivity index (χ3n) is 4.57. The molecule has 0 saturated heterocycles. The maximum atomic E-state index is 12.5. The third-order valence-corrected chi connectivity index (χ3v) is 4.57. The number of rotatable bonds is 1. The first-order chi connectivity index (χ1) is 9.59. The van der Waals surface area contributed by atoms with Crippen molar-refractivity contribution < 1.29 is 9.59 Å². The smallest absolute Gasteiger partial charge is 0.263 e. The average Bonchev–Trinajstić information content (AvgIpc) is 2.57. The van der Waals surface area contributed by atoms with E-state index >= 15 is 0 Å². The van der Waals surface area contributed by atoms with E-state index in [2.05, 4.69) is 6.92 Å². The number of nitrogen functional groups attached to an aromatic ring is 1. The largest absolute Gasteiger partial charge is 0.398 e. The number of benzene rings is 1. The monoisotopic (exact) mass is 272 g/mol. The first-order valence-corrected chi connectivity index (χ1v) is 7.36. The van der Waals surface area contributed by atoms with Crippen molar-refractivity contribution in [2.24, 2.45) is 5.92 Å². The van der Waals surface area contributed by atoms with Gasteiger partial charge in [-0.2, -0.15) is 0 Å². The lowest BCUT2D eigenvalue weighted by atomic mass is 10.0. The Hall–Kier alpha value is -1.84. The number of imide groups is 1. The predicted octanol–water partition coefficient (Wildman–Crippen LogP) is 2.83. The van der Waals surface area contributed by atoms with Gasteiger partial charge in [0.1, 0.15) is 0 Å². The van der Waals surface area contributed by atoms with Gasteiger partial charge < -0.3 is 5.73 Å². The summed E-state index contributed by atoms with van der Waals surface area (Å²) in [5.41, 5.74) is 7.14. The molecule has 0 aromatic heterocycles. The van der Waals surface area contributed by atoms with Crippen LogP contribution in [0.4, 0.5) is 5.69 Å². The van der Waals surface area contributed by atoms with Crippen LogP contribution in [0.5, 0.6) is 0 Å². The predicted molar refractivity (Wildman–Crippen MR) is 77.4 cm³/mol. The highest BCUT2D eigenvalue weighted by atomic mass is 16.2. The molecule has 1 saturated carbocycles. The van der Waals surface area contributed by atoms with Crippen LogP contribution in [0.15, 0.2) is 18.2 Å². The summed E-state index contributed by atoms with van der Waals surface area (Å²) in [5, 5.41) is 0. The fourth-order valence-corrected chi connectivity index (χ4v) is 3.39. The number of anilines is 1. The van der Waals surface area contributed by atoms with Gasteiger partial charge in [-0.25, -0.2) is 0 Å². The molecule has 1 aromatic carbocycles. The summed E-state index contributed by atoms with van der Waals surface area (Å²) in [6.07, 6.45) is 5.16. The van der Waals surface area contributed by atoms with E-state index in [4.69, 9.17) is 5.73 Å². The zero-order valence-corrected chi connectivity index (χ0v) is 11.8. The van der Waals surface area contributed by atoms with Crippen LogP contribution in [0.1, 0.15) is 59.7 Å². The number of hydrogen-bond donors (Lipinski definition) is 1. The van der Waals surface area contributed by atoms with E-state index in [1.54, 1.807) is 18.2 Å². The fraction of sp³-hybridized carbons (Fsp3) is 0.500. The summed E-state index contributed by atoms with van der Waals surface area (Å²) in [7, 11) is 0. The van der Waals surface area contributed by atoms with E-state index in [0.717, 1.165) is 25.7 Å². The number of fused-ring (bicyclic) bond motifs is 1. The second-order valence-corrected chi connectivity index (χ2v) is 6.02. The van der Waals surface area contributed by atoms with Crippen molar-refractivity contribution in [2.45, 2.75) is 45.1 Å². The molecule has 2 unspecified atom stereocenters. The van der Waals surface area contributed by atoms with Gasteiger partial charge >= 0.3 is 0 Å². The molecule has 106 valence electrons. The lowest BCUT2D eigenvalue weighted by molar-refractivity contribution is 0.0569. The summed E-state index contributed by atoms with van der Waals surface area (Å²) < 4.78 is 0. The molecule has 1 aliphatic carbocycles. The molecule has 20 heavy (non-hydrogen) atoms. The van der Waals surface area contributed by atoms with Crippen molar-refractivity contribution >= 4 is 17.5 Å². The van der Waals surface area contributed by atoms with Crippen LogP contribution in [0.3, 0.4) is 0 Å². The molecule has 2 N–H and O–H groups in total. The Bertz CT molecular complexity index is 568. The first-order valence-electron chi connectivity index (χ1n) is 7.36. The lowest BCUT2D eigenvalue weighted by Crippen LogP contribution is -2.39. The van der Waals surface area contributed by atoms with Gasteiger partial charge in [0.15, 0.2) is 0 Å². The van der Waals surface area contributed by atoms with Gasteiger partial charge in [-0.05, 0) is 37.3 Å². The Morgan fingerprint density at radius 3 is 2.65 bits per heavy atom. The summed E-state index contributed by atoms with van der Waals surface area (Å²) in [6.45, 7) is 2.24. The average molecular weight is 272 g/mol. The van der Waals surface area contributed by atoms with Gasteiger partial charge in [0.2, 0.25) is 0 Å². The molecule has 0 radical (unpaired) electrons. The molecule has 4 heteroatoms. The minimum Gasteiger partial charge on any atom is -0.398 e. The summed E-state index contributed by atoms with van der Waals surface area (Å²) >= 11 is 0. The van der Waals surface area contributed by atoms with Crippen LogP contribution in [-0.2, 0) is 0 Å². The lowest BCUT2D eigenvalue weighted by Gasteiger charge is -2.24. The minimum absolute atomic E-state index is 0.0340. The zero-order chi connectivity index (χ0) is 14.3. The van der Waals surface area contributed by atoms with E-state index in [-0.39, 0.29) is 17.9 Å². The van der Waals surface area contributed by atoms with Crippen LogP contribution in [-0.4, -0.2) is 22.8 Å². The first kappa shape index (κ1) is 13.2. The van der Waals surface area contributed by atoms with Crippen molar-refractivity contribution in [3.8, 4) is 0 Å². The highest BCUT2D eigenvalue weighted by Gasteiger charge is 2.41. The molecule has 0 spiro atoms. The number of carbonyl (C=O) groups is 2. The van der Waals surface area contributed by atoms with E-state index in [1.165, 1.54) is 11.3 Å². The van der Waals surface area contributed by atoms with Crippen LogP contribution in [0.25, 0.3) is 0 Å². The molecule has 0 bridgehead atoms. The molecule has 2 amide bonds. The van der Waals surface area contributed by atoms with E-state index in [1.807, 2.05) is 0 Å². The Kier molecular flexibility index (Phi) is 3.24. The highest BCUT2D eigenvalue weighted by molar-refractivity contribution is 6.23. The molecule has 3 rings (SSSR count). The summed E-state index contributed by atoms with van der Waals surface area (Å²) in [5.74, 6) is 0.305. The maximum Gasteiger partial charge on any atom is 0.263 e. The van der Waals surface area contributed by atoms with Gasteiger partial charge in [-0.15, -0.1) is 0 Å². The zero-order valence-electron chi connectivity index (χ0n) is 11.8. The van der Waals surface area contributed by atoms with Gasteiger partial charge in [-0.1, -0.05) is 25.8 Å². The second-order valence-electron chi connectivity index (χ2n) is 6.02.